The number of nitrogens with zero attached hydrogens (tertiary/aromatic N) is 1. The molecule has 9 heteroatoms. The highest BCUT2D eigenvalue weighted by atomic mass is 32.2. The summed E-state index contributed by atoms with van der Waals surface area (Å²) >= 11 is 0. The summed E-state index contributed by atoms with van der Waals surface area (Å²) in [5.74, 6) is 1.52. The molecule has 0 aromatic heterocycles. The summed E-state index contributed by atoms with van der Waals surface area (Å²) in [6, 6.07) is 12.3. The second-order valence-corrected chi connectivity index (χ2v) is 8.69. The Labute approximate surface area is 177 Å². The van der Waals surface area contributed by atoms with Crippen LogP contribution >= 0.6 is 0 Å². The third-order valence-electron chi connectivity index (χ3n) is 4.36. The highest BCUT2D eigenvalue weighted by Crippen LogP contribution is 2.24. The number of methoxy groups -OCH3 is 2. The first-order valence-electron chi connectivity index (χ1n) is 9.36. The Kier molecular flexibility index (Phi) is 7.93. The fourth-order valence-corrected chi connectivity index (χ4v) is 4.01. The van der Waals surface area contributed by atoms with E-state index >= 15 is 0 Å². The molecule has 0 heterocycles. The van der Waals surface area contributed by atoms with Gasteiger partial charge in [0.1, 0.15) is 29.9 Å². The summed E-state index contributed by atoms with van der Waals surface area (Å²) in [6.07, 6.45) is 1.07. The van der Waals surface area contributed by atoms with Gasteiger partial charge in [-0.3, -0.25) is 9.10 Å². The minimum Gasteiger partial charge on any atom is -0.497 e. The lowest BCUT2D eigenvalue weighted by atomic mass is 10.2. The van der Waals surface area contributed by atoms with Crippen molar-refractivity contribution in [3.8, 4) is 17.2 Å². The molecule has 0 aliphatic rings. The predicted octanol–water partition coefficient (Wildman–Crippen LogP) is 2.44. The van der Waals surface area contributed by atoms with Crippen LogP contribution in [0.5, 0.6) is 17.2 Å². The SMILES string of the molecule is COc1ccc(OC[C@@H](C)NC(=O)[C@H](C)N(c2ccc(OC)cc2)S(C)(=O)=O)cc1. The van der Waals surface area contributed by atoms with Crippen molar-refractivity contribution in [1.29, 1.82) is 0 Å². The van der Waals surface area contributed by atoms with Crippen LogP contribution in [-0.2, 0) is 14.8 Å². The number of sulfonamides is 1. The zero-order valence-corrected chi connectivity index (χ0v) is 18.6. The monoisotopic (exact) mass is 436 g/mol. The number of rotatable bonds is 10. The molecule has 8 nitrogen and oxygen atoms in total. The molecule has 164 valence electrons. The number of nitrogens with one attached hydrogen (secondary N) is 1. The molecule has 0 aliphatic heterocycles. The minimum atomic E-state index is -3.69. The topological polar surface area (TPSA) is 94.2 Å². The quantitative estimate of drug-likeness (QED) is 0.615. The summed E-state index contributed by atoms with van der Waals surface area (Å²) < 4.78 is 41.7. The van der Waals surface area contributed by atoms with Crippen LogP contribution in [0.2, 0.25) is 0 Å². The number of benzene rings is 2. The third kappa shape index (κ3) is 6.28. The van der Waals surface area contributed by atoms with E-state index in [4.69, 9.17) is 14.2 Å². The largest absolute Gasteiger partial charge is 0.497 e. The van der Waals surface area contributed by atoms with E-state index in [0.717, 1.165) is 16.3 Å². The van der Waals surface area contributed by atoms with Gasteiger partial charge in [0.2, 0.25) is 15.9 Å². The summed E-state index contributed by atoms with van der Waals surface area (Å²) in [4.78, 5) is 12.7. The van der Waals surface area contributed by atoms with Crippen molar-refractivity contribution in [2.24, 2.45) is 0 Å². The Balaban J connectivity index is 2.02. The van der Waals surface area contributed by atoms with Crippen LogP contribution in [0.4, 0.5) is 5.69 Å². The van der Waals surface area contributed by atoms with Crippen molar-refractivity contribution in [3.05, 3.63) is 48.5 Å². The van der Waals surface area contributed by atoms with E-state index in [1.165, 1.54) is 14.0 Å². The lowest BCUT2D eigenvalue weighted by Crippen LogP contribution is -2.50. The van der Waals surface area contributed by atoms with Gasteiger partial charge in [-0.2, -0.15) is 0 Å². The van der Waals surface area contributed by atoms with Crippen molar-refractivity contribution in [3.63, 3.8) is 0 Å². The average Bonchev–Trinajstić information content (AvgIpc) is 2.72. The van der Waals surface area contributed by atoms with Gasteiger partial charge in [-0.25, -0.2) is 8.42 Å². The zero-order valence-electron chi connectivity index (χ0n) is 17.8. The molecule has 2 aromatic carbocycles. The zero-order chi connectivity index (χ0) is 22.3. The second-order valence-electron chi connectivity index (χ2n) is 6.83. The van der Waals surface area contributed by atoms with Crippen LogP contribution in [0.1, 0.15) is 13.8 Å². The fraction of sp³-hybridized carbons (Fsp3) is 0.381. The highest BCUT2D eigenvalue weighted by Gasteiger charge is 2.29. The Morgan fingerprint density at radius 2 is 1.40 bits per heavy atom. The minimum absolute atomic E-state index is 0.228. The lowest BCUT2D eigenvalue weighted by Gasteiger charge is -2.29. The van der Waals surface area contributed by atoms with Gasteiger partial charge < -0.3 is 19.5 Å². The van der Waals surface area contributed by atoms with Crippen molar-refractivity contribution < 1.29 is 27.4 Å². The summed E-state index contributed by atoms with van der Waals surface area (Å²) in [7, 11) is -0.585. The van der Waals surface area contributed by atoms with Gasteiger partial charge in [0.05, 0.1) is 32.2 Å². The molecule has 0 fully saturated rings. The smallest absolute Gasteiger partial charge is 0.243 e. The Morgan fingerprint density at radius 1 is 0.933 bits per heavy atom. The number of carbonyl (C=O) groups excluding carboxylic acids is 1. The fourth-order valence-electron chi connectivity index (χ4n) is 2.84. The predicted molar refractivity (Wildman–Crippen MR) is 116 cm³/mol. The van der Waals surface area contributed by atoms with Gasteiger partial charge in [0.15, 0.2) is 0 Å². The molecule has 1 N–H and O–H groups in total. The first-order valence-corrected chi connectivity index (χ1v) is 11.2. The average molecular weight is 437 g/mol. The van der Waals surface area contributed by atoms with Crippen LogP contribution in [0, 0.1) is 0 Å². The maximum Gasteiger partial charge on any atom is 0.243 e. The summed E-state index contributed by atoms with van der Waals surface area (Å²) in [5, 5.41) is 2.80. The van der Waals surface area contributed by atoms with Crippen molar-refractivity contribution >= 4 is 21.6 Å². The molecule has 0 spiro atoms. The van der Waals surface area contributed by atoms with Crippen molar-refractivity contribution in [2.45, 2.75) is 25.9 Å². The van der Waals surface area contributed by atoms with E-state index in [0.29, 0.717) is 17.2 Å². The molecule has 2 rings (SSSR count). The van der Waals surface area contributed by atoms with Crippen LogP contribution in [0.15, 0.2) is 48.5 Å². The molecule has 0 saturated heterocycles. The van der Waals surface area contributed by atoms with Gasteiger partial charge in [0, 0.05) is 0 Å². The number of anilines is 1. The molecular formula is C21H28N2O6S. The van der Waals surface area contributed by atoms with Gasteiger partial charge in [-0.1, -0.05) is 0 Å². The van der Waals surface area contributed by atoms with E-state index in [2.05, 4.69) is 5.32 Å². The second kappa shape index (κ2) is 10.2. The third-order valence-corrected chi connectivity index (χ3v) is 5.61. The molecule has 0 radical (unpaired) electrons. The van der Waals surface area contributed by atoms with E-state index in [1.54, 1.807) is 62.6 Å². The normalized spacial score (nSPS) is 13.1. The van der Waals surface area contributed by atoms with Crippen LogP contribution in [-0.4, -0.2) is 53.5 Å². The lowest BCUT2D eigenvalue weighted by molar-refractivity contribution is -0.122. The van der Waals surface area contributed by atoms with Crippen LogP contribution in [0.25, 0.3) is 0 Å². The number of ether oxygens (including phenoxy) is 3. The molecule has 2 atom stereocenters. The summed E-state index contributed by atoms with van der Waals surface area (Å²) in [5.41, 5.74) is 0.378. The van der Waals surface area contributed by atoms with Gasteiger partial charge >= 0.3 is 0 Å². The van der Waals surface area contributed by atoms with E-state index in [1.807, 2.05) is 0 Å². The van der Waals surface area contributed by atoms with Gasteiger partial charge in [-0.05, 0) is 62.4 Å². The maximum absolute atomic E-state index is 12.7. The van der Waals surface area contributed by atoms with Crippen molar-refractivity contribution in [2.75, 3.05) is 31.4 Å². The Morgan fingerprint density at radius 3 is 1.87 bits per heavy atom. The van der Waals surface area contributed by atoms with Crippen molar-refractivity contribution in [1.82, 2.24) is 5.32 Å². The first-order chi connectivity index (χ1) is 14.2. The molecule has 2 aromatic rings. The van der Waals surface area contributed by atoms with E-state index in [-0.39, 0.29) is 12.6 Å². The van der Waals surface area contributed by atoms with E-state index in [9.17, 15) is 13.2 Å². The van der Waals surface area contributed by atoms with Gasteiger partial charge in [-0.15, -0.1) is 0 Å². The molecule has 0 bridgehead atoms. The van der Waals surface area contributed by atoms with Crippen LogP contribution in [0.3, 0.4) is 0 Å². The summed E-state index contributed by atoms with van der Waals surface area (Å²) in [6.45, 7) is 3.55. The molecule has 30 heavy (non-hydrogen) atoms. The Hall–Kier alpha value is -2.94. The first kappa shape index (κ1) is 23.3. The number of amides is 1. The molecule has 1 amide bonds. The standard InChI is InChI=1S/C21H28N2O6S/c1-15(14-29-20-12-10-19(28-4)11-13-20)22-21(24)16(2)23(30(5,25)26)17-6-8-18(27-3)9-7-17/h6-13,15-16H,14H2,1-5H3,(H,22,24)/t15-,16+/m1/s1. The molecule has 0 aliphatic carbocycles. The van der Waals surface area contributed by atoms with Crippen LogP contribution < -0.4 is 23.8 Å². The highest BCUT2D eigenvalue weighted by molar-refractivity contribution is 7.92. The van der Waals surface area contributed by atoms with Gasteiger partial charge in [0.25, 0.3) is 0 Å². The van der Waals surface area contributed by atoms with E-state index < -0.39 is 22.0 Å². The maximum atomic E-state index is 12.7. The number of hydrogen-bond donors (Lipinski definition) is 1. The molecular weight excluding hydrogens is 408 g/mol. The number of hydrogen-bond acceptors (Lipinski definition) is 6. The Bertz CT molecular complexity index is 929. The number of carbonyl (C=O) groups is 1. The molecule has 0 unspecified atom stereocenters. The molecule has 0 saturated carbocycles.